The molecule has 0 amide bonds. The van der Waals surface area contributed by atoms with Crippen molar-refractivity contribution in [3.8, 4) is 0 Å². The van der Waals surface area contributed by atoms with Gasteiger partial charge >= 0.3 is 13.8 Å². The molecule has 0 aliphatic rings. The fourth-order valence-corrected chi connectivity index (χ4v) is 0.224. The van der Waals surface area contributed by atoms with Gasteiger partial charge in [-0.2, -0.15) is 0 Å². The third-order valence-electron chi connectivity index (χ3n) is 0.741. The Morgan fingerprint density at radius 2 is 1.31 bits per heavy atom. The van der Waals surface area contributed by atoms with Crippen molar-refractivity contribution in [2.24, 2.45) is 0 Å². The smallest absolute Gasteiger partial charge is 0.466 e. The van der Waals surface area contributed by atoms with Gasteiger partial charge < -0.3 is 30.0 Å². The van der Waals surface area contributed by atoms with E-state index in [0.717, 1.165) is 18.9 Å². The molecule has 8 nitrogen and oxygen atoms in total. The number of carboxylic acid groups (broad SMARTS) is 1. The molecule has 0 rings (SSSR count). The molecule has 0 unspecified atom stereocenters. The molecule has 0 aliphatic heterocycles. The Labute approximate surface area is 92.7 Å². The fourth-order valence-electron chi connectivity index (χ4n) is 0.224. The van der Waals surface area contributed by atoms with Gasteiger partial charge in [-0.25, -0.2) is 9.36 Å². The van der Waals surface area contributed by atoms with Gasteiger partial charge in [0.1, 0.15) is 0 Å². The molecule has 0 aromatic rings. The summed E-state index contributed by atoms with van der Waals surface area (Å²) in [5, 5.41) is 23.8. The van der Waals surface area contributed by atoms with E-state index in [2.05, 4.69) is 6.58 Å². The summed E-state index contributed by atoms with van der Waals surface area (Å²) in [4.78, 5) is 30.8. The van der Waals surface area contributed by atoms with Gasteiger partial charge in [-0.1, -0.05) is 6.58 Å². The summed E-state index contributed by atoms with van der Waals surface area (Å²) in [7, 11) is -4.64. The Bertz CT molecular complexity index is 198. The largest absolute Gasteiger partial charge is 0.478 e. The van der Waals surface area contributed by atoms with E-state index in [1.807, 2.05) is 0 Å². The molecule has 0 aromatic carbocycles. The molecule has 98 valence electrons. The van der Waals surface area contributed by atoms with Crippen molar-refractivity contribution < 1.29 is 39.4 Å². The van der Waals surface area contributed by atoms with Crippen LogP contribution in [0.3, 0.4) is 0 Å². The molecule has 6 N–H and O–H groups in total. The minimum atomic E-state index is -4.64. The van der Waals surface area contributed by atoms with Gasteiger partial charge in [0.15, 0.2) is 0 Å². The van der Waals surface area contributed by atoms with Crippen LogP contribution in [0.25, 0.3) is 0 Å². The van der Waals surface area contributed by atoms with E-state index < -0.39 is 13.8 Å². The van der Waals surface area contributed by atoms with Gasteiger partial charge in [-0.3, -0.25) is 0 Å². The van der Waals surface area contributed by atoms with Crippen LogP contribution in [-0.4, -0.2) is 49.2 Å². The van der Waals surface area contributed by atoms with Crippen LogP contribution >= 0.6 is 7.82 Å². The van der Waals surface area contributed by atoms with Crippen molar-refractivity contribution in [3.05, 3.63) is 12.7 Å². The maximum atomic E-state index is 9.25. The van der Waals surface area contributed by atoms with Crippen LogP contribution in [0.5, 0.6) is 0 Å². The summed E-state index contributed by atoms with van der Waals surface area (Å²) in [6.45, 7) is 3.35. The van der Waals surface area contributed by atoms with Crippen molar-refractivity contribution >= 4 is 13.8 Å². The number of carboxylic acids is 1. The first kappa shape index (κ1) is 20.6. The van der Waals surface area contributed by atoms with E-state index in [0.29, 0.717) is 0 Å². The molecule has 0 bridgehead atoms. The van der Waals surface area contributed by atoms with Crippen LogP contribution < -0.4 is 0 Å². The number of unbranched alkanes of at least 4 members (excludes halogenated alkanes) is 1. The molecule has 16 heavy (non-hydrogen) atoms. The number of aliphatic hydroxyl groups is 2. The minimum Gasteiger partial charge on any atom is -0.478 e. The molecule has 0 atom stereocenters. The molecule has 0 spiro atoms. The lowest BCUT2D eigenvalue weighted by atomic mass is 10.3. The standard InChI is InChI=1S/C4H10O2.C3H4O2.H3O4P/c5-3-1-2-4-6;1-2-3(4)5;1-5(2,3)4/h5-6H,1-4H2;2H,1H2,(H,4,5);(H3,1,2,3,4). The van der Waals surface area contributed by atoms with Crippen molar-refractivity contribution in [1.82, 2.24) is 0 Å². The molecule has 0 heterocycles. The average molecular weight is 260 g/mol. The van der Waals surface area contributed by atoms with Gasteiger partial charge in [0, 0.05) is 19.3 Å². The van der Waals surface area contributed by atoms with Crippen LogP contribution in [0.15, 0.2) is 12.7 Å². The summed E-state index contributed by atoms with van der Waals surface area (Å²) in [6, 6.07) is 0. The quantitative estimate of drug-likeness (QED) is 0.215. The van der Waals surface area contributed by atoms with E-state index >= 15 is 0 Å². The predicted octanol–water partition coefficient (Wildman–Crippen LogP) is -0.920. The van der Waals surface area contributed by atoms with Gasteiger partial charge in [-0.15, -0.1) is 0 Å². The van der Waals surface area contributed by atoms with Gasteiger partial charge in [0.25, 0.3) is 0 Å². The second-order valence-electron chi connectivity index (χ2n) is 2.21. The zero-order chi connectivity index (χ0) is 13.6. The van der Waals surface area contributed by atoms with Crippen LogP contribution in [0.1, 0.15) is 12.8 Å². The minimum absolute atomic E-state index is 0.195. The first-order valence-corrected chi connectivity index (χ1v) is 5.60. The first-order chi connectivity index (χ1) is 7.18. The third-order valence-corrected chi connectivity index (χ3v) is 0.741. The Hall–Kier alpha value is -0.760. The lowest BCUT2D eigenvalue weighted by Gasteiger charge is -1.85. The maximum absolute atomic E-state index is 9.25. The fraction of sp³-hybridized carbons (Fsp3) is 0.571. The summed E-state index contributed by atoms with van der Waals surface area (Å²) in [5.74, 6) is -0.981. The Morgan fingerprint density at radius 3 is 1.38 bits per heavy atom. The van der Waals surface area contributed by atoms with Crippen LogP contribution in [0, 0.1) is 0 Å². The van der Waals surface area contributed by atoms with Gasteiger partial charge in [0.05, 0.1) is 0 Å². The Balaban J connectivity index is -0.000000160. The van der Waals surface area contributed by atoms with Gasteiger partial charge in [0.2, 0.25) is 0 Å². The molecular formula is C7H17O8P. The highest BCUT2D eigenvalue weighted by Crippen LogP contribution is 2.25. The lowest BCUT2D eigenvalue weighted by molar-refractivity contribution is -0.131. The topological polar surface area (TPSA) is 156 Å². The third kappa shape index (κ3) is 110. The second-order valence-corrected chi connectivity index (χ2v) is 3.24. The molecule has 0 aliphatic carbocycles. The molecule has 9 heteroatoms. The van der Waals surface area contributed by atoms with E-state index in [4.69, 9.17) is 34.6 Å². The van der Waals surface area contributed by atoms with Crippen LogP contribution in [0.2, 0.25) is 0 Å². The Kier molecular flexibility index (Phi) is 18.4. The van der Waals surface area contributed by atoms with Gasteiger partial charge in [-0.05, 0) is 12.8 Å². The van der Waals surface area contributed by atoms with E-state index in [1.165, 1.54) is 0 Å². The van der Waals surface area contributed by atoms with E-state index in [9.17, 15) is 4.79 Å². The van der Waals surface area contributed by atoms with Crippen molar-refractivity contribution in [1.29, 1.82) is 0 Å². The second kappa shape index (κ2) is 14.2. The van der Waals surface area contributed by atoms with Crippen LogP contribution in [0.4, 0.5) is 0 Å². The summed E-state index contributed by atoms with van der Waals surface area (Å²) in [6.07, 6.45) is 2.27. The van der Waals surface area contributed by atoms with Crippen LogP contribution in [-0.2, 0) is 9.36 Å². The van der Waals surface area contributed by atoms with E-state index in [-0.39, 0.29) is 13.2 Å². The summed E-state index contributed by atoms with van der Waals surface area (Å²) in [5.41, 5.74) is 0. The highest BCUT2D eigenvalue weighted by Gasteiger charge is 2.00. The molecule has 0 aromatic heterocycles. The zero-order valence-corrected chi connectivity index (χ0v) is 9.45. The molecular weight excluding hydrogens is 243 g/mol. The maximum Gasteiger partial charge on any atom is 0.466 e. The number of phosphoric acid groups is 1. The van der Waals surface area contributed by atoms with Crippen molar-refractivity contribution in [2.75, 3.05) is 13.2 Å². The lowest BCUT2D eigenvalue weighted by Crippen LogP contribution is -1.85. The number of carbonyl (C=O) groups is 1. The zero-order valence-electron chi connectivity index (χ0n) is 8.56. The molecule has 0 saturated carbocycles. The number of aliphatic carboxylic acids is 1. The monoisotopic (exact) mass is 260 g/mol. The highest BCUT2D eigenvalue weighted by molar-refractivity contribution is 7.45. The van der Waals surface area contributed by atoms with Crippen molar-refractivity contribution in [3.63, 3.8) is 0 Å². The molecule has 0 fully saturated rings. The average Bonchev–Trinajstić information content (AvgIpc) is 2.13. The first-order valence-electron chi connectivity index (χ1n) is 4.04. The predicted molar refractivity (Wildman–Crippen MR) is 55.5 cm³/mol. The normalized spacial score (nSPS) is 9.06. The summed E-state index contributed by atoms with van der Waals surface area (Å²) < 4.78 is 8.88. The number of aliphatic hydroxyl groups excluding tert-OH is 2. The van der Waals surface area contributed by atoms with Crippen molar-refractivity contribution in [2.45, 2.75) is 12.8 Å². The Morgan fingerprint density at radius 1 is 1.12 bits per heavy atom. The number of hydrogen-bond acceptors (Lipinski definition) is 4. The van der Waals surface area contributed by atoms with E-state index in [1.54, 1.807) is 0 Å². The molecule has 0 saturated heterocycles. The molecule has 0 radical (unpaired) electrons. The number of rotatable bonds is 4. The highest BCUT2D eigenvalue weighted by atomic mass is 31.2. The summed E-state index contributed by atoms with van der Waals surface area (Å²) >= 11 is 0. The number of hydrogen-bond donors (Lipinski definition) is 6. The SMILES string of the molecule is C=CC(=O)O.O=P(O)(O)O.OCCCCO.